The Balaban J connectivity index is 1.56. The van der Waals surface area contributed by atoms with E-state index in [4.69, 9.17) is 4.74 Å². The summed E-state index contributed by atoms with van der Waals surface area (Å²) in [6, 6.07) is 11.7. The number of carbonyl (C=O) groups is 3. The number of anilines is 1. The van der Waals surface area contributed by atoms with E-state index >= 15 is 0 Å². The Labute approximate surface area is 165 Å². The number of para-hydroxylation sites is 1. The van der Waals surface area contributed by atoms with Crippen molar-refractivity contribution >= 4 is 23.5 Å². The summed E-state index contributed by atoms with van der Waals surface area (Å²) in [5.41, 5.74) is 0.551. The molecule has 3 rings (SSSR count). The second-order valence-corrected chi connectivity index (χ2v) is 6.32. The molecule has 0 spiro atoms. The molecule has 0 bridgehead atoms. The topological polar surface area (TPSA) is 93.7 Å². The van der Waals surface area contributed by atoms with E-state index in [2.05, 4.69) is 15.4 Å². The molecular weight excluding hydrogens is 386 g/mol. The minimum atomic E-state index is -3.02. The average molecular weight is 404 g/mol. The van der Waals surface area contributed by atoms with E-state index < -0.39 is 25.1 Å². The molecule has 0 saturated heterocycles. The molecule has 1 aliphatic carbocycles. The lowest BCUT2D eigenvalue weighted by molar-refractivity contribution is -0.119. The van der Waals surface area contributed by atoms with Crippen molar-refractivity contribution in [3.63, 3.8) is 0 Å². The first kappa shape index (κ1) is 20.2. The van der Waals surface area contributed by atoms with Gasteiger partial charge in [0.25, 0.3) is 11.8 Å². The Kier molecular flexibility index (Phi) is 6.38. The fraction of sp³-hybridized carbons (Fsp3) is 0.250. The van der Waals surface area contributed by atoms with Gasteiger partial charge in [-0.1, -0.05) is 18.2 Å². The summed E-state index contributed by atoms with van der Waals surface area (Å²) in [6.45, 7) is -3.64. The smallest absolute Gasteiger partial charge is 0.387 e. The number of amides is 2. The van der Waals surface area contributed by atoms with Gasteiger partial charge in [-0.3, -0.25) is 9.59 Å². The maximum Gasteiger partial charge on any atom is 0.387 e. The van der Waals surface area contributed by atoms with Crippen LogP contribution in [0.2, 0.25) is 0 Å². The largest absolute Gasteiger partial charge is 0.452 e. The Bertz CT molecular complexity index is 915. The van der Waals surface area contributed by atoms with Gasteiger partial charge in [0.2, 0.25) is 0 Å². The molecule has 2 N–H and O–H groups in total. The second-order valence-electron chi connectivity index (χ2n) is 6.32. The minimum Gasteiger partial charge on any atom is -0.452 e. The highest BCUT2D eigenvalue weighted by Gasteiger charge is 2.25. The lowest BCUT2D eigenvalue weighted by Gasteiger charge is -2.11. The molecule has 7 nitrogen and oxygen atoms in total. The lowest BCUT2D eigenvalue weighted by Crippen LogP contribution is -2.28. The molecule has 1 aliphatic rings. The number of benzene rings is 2. The van der Waals surface area contributed by atoms with Gasteiger partial charge in [-0.25, -0.2) is 4.79 Å². The van der Waals surface area contributed by atoms with Crippen LogP contribution in [0.25, 0.3) is 0 Å². The molecule has 0 unspecified atom stereocenters. The third-order valence-corrected chi connectivity index (χ3v) is 3.99. The van der Waals surface area contributed by atoms with Gasteiger partial charge >= 0.3 is 12.6 Å². The SMILES string of the molecule is O=C(COC(=O)c1cccc(OC(F)F)c1)Nc1ccccc1C(=O)NC1CC1. The molecule has 0 aliphatic heterocycles. The highest BCUT2D eigenvalue weighted by Crippen LogP contribution is 2.21. The highest BCUT2D eigenvalue weighted by molar-refractivity contribution is 6.04. The van der Waals surface area contributed by atoms with Gasteiger partial charge in [0.05, 0.1) is 16.8 Å². The molecule has 2 amide bonds. The predicted molar refractivity (Wildman–Crippen MR) is 98.9 cm³/mol. The van der Waals surface area contributed by atoms with Crippen LogP contribution in [0.5, 0.6) is 5.75 Å². The summed E-state index contributed by atoms with van der Waals surface area (Å²) in [7, 11) is 0. The maximum atomic E-state index is 12.3. The molecule has 1 fully saturated rings. The zero-order valence-corrected chi connectivity index (χ0v) is 15.2. The normalized spacial score (nSPS) is 12.9. The molecule has 29 heavy (non-hydrogen) atoms. The van der Waals surface area contributed by atoms with Crippen molar-refractivity contribution < 1.29 is 32.6 Å². The van der Waals surface area contributed by atoms with Crippen LogP contribution in [0.3, 0.4) is 0 Å². The van der Waals surface area contributed by atoms with Crippen molar-refractivity contribution in [1.82, 2.24) is 5.32 Å². The van der Waals surface area contributed by atoms with Crippen LogP contribution in [0.1, 0.15) is 33.6 Å². The van der Waals surface area contributed by atoms with Crippen molar-refractivity contribution in [2.45, 2.75) is 25.5 Å². The van der Waals surface area contributed by atoms with Crippen LogP contribution < -0.4 is 15.4 Å². The predicted octanol–water partition coefficient (Wildman–Crippen LogP) is 2.98. The van der Waals surface area contributed by atoms with Gasteiger partial charge in [0, 0.05) is 6.04 Å². The quantitative estimate of drug-likeness (QED) is 0.660. The van der Waals surface area contributed by atoms with Gasteiger partial charge in [0.15, 0.2) is 6.61 Å². The number of alkyl halides is 2. The van der Waals surface area contributed by atoms with Gasteiger partial charge in [-0.15, -0.1) is 0 Å². The molecule has 0 heterocycles. The third-order valence-electron chi connectivity index (χ3n) is 3.99. The Hall–Kier alpha value is -3.49. The van der Waals surface area contributed by atoms with Gasteiger partial charge in [-0.2, -0.15) is 8.78 Å². The van der Waals surface area contributed by atoms with Crippen LogP contribution in [-0.4, -0.2) is 37.0 Å². The summed E-state index contributed by atoms with van der Waals surface area (Å²) in [5.74, 6) is -2.02. The molecule has 152 valence electrons. The standard InChI is InChI=1S/C20H18F2N2O5/c21-20(22)29-14-5-3-4-12(10-14)19(27)28-11-17(25)24-16-7-2-1-6-15(16)18(26)23-13-8-9-13/h1-7,10,13,20H,8-9,11H2,(H,23,26)(H,24,25). The van der Waals surface area contributed by atoms with Crippen LogP contribution >= 0.6 is 0 Å². The first-order chi connectivity index (χ1) is 13.9. The van der Waals surface area contributed by atoms with E-state index in [1.807, 2.05) is 0 Å². The number of hydrogen-bond donors (Lipinski definition) is 2. The average Bonchev–Trinajstić information content (AvgIpc) is 3.50. The zero-order chi connectivity index (χ0) is 20.8. The maximum absolute atomic E-state index is 12.3. The molecule has 2 aromatic carbocycles. The van der Waals surface area contributed by atoms with Crippen molar-refractivity contribution in [1.29, 1.82) is 0 Å². The highest BCUT2D eigenvalue weighted by atomic mass is 19.3. The Morgan fingerprint density at radius 2 is 1.83 bits per heavy atom. The molecule has 2 aromatic rings. The third kappa shape index (κ3) is 6.00. The van der Waals surface area contributed by atoms with Crippen LogP contribution in [0.15, 0.2) is 48.5 Å². The van der Waals surface area contributed by atoms with E-state index in [-0.39, 0.29) is 23.3 Å². The van der Waals surface area contributed by atoms with E-state index in [9.17, 15) is 23.2 Å². The second kappa shape index (κ2) is 9.13. The number of nitrogens with one attached hydrogen (secondary N) is 2. The van der Waals surface area contributed by atoms with E-state index in [0.29, 0.717) is 11.3 Å². The molecule has 0 aromatic heterocycles. The van der Waals surface area contributed by atoms with Crippen LogP contribution in [0.4, 0.5) is 14.5 Å². The summed E-state index contributed by atoms with van der Waals surface area (Å²) in [4.78, 5) is 36.4. The fourth-order valence-corrected chi connectivity index (χ4v) is 2.48. The summed E-state index contributed by atoms with van der Waals surface area (Å²) in [6.07, 6.45) is 1.86. The number of rotatable bonds is 8. The van der Waals surface area contributed by atoms with Crippen molar-refractivity contribution in [2.24, 2.45) is 0 Å². The van der Waals surface area contributed by atoms with Crippen molar-refractivity contribution in [2.75, 3.05) is 11.9 Å². The molecular formula is C20H18F2N2O5. The number of hydrogen-bond acceptors (Lipinski definition) is 5. The summed E-state index contributed by atoms with van der Waals surface area (Å²) < 4.78 is 33.6. The molecule has 9 heteroatoms. The van der Waals surface area contributed by atoms with Gasteiger partial charge < -0.3 is 20.1 Å². The first-order valence-electron chi connectivity index (χ1n) is 8.84. The van der Waals surface area contributed by atoms with E-state index in [1.165, 1.54) is 18.2 Å². The molecule has 0 atom stereocenters. The summed E-state index contributed by atoms with van der Waals surface area (Å²) in [5, 5.41) is 5.36. The van der Waals surface area contributed by atoms with Gasteiger partial charge in [0.1, 0.15) is 5.75 Å². The fourth-order valence-electron chi connectivity index (χ4n) is 2.48. The first-order valence-corrected chi connectivity index (χ1v) is 8.84. The molecule has 0 radical (unpaired) electrons. The van der Waals surface area contributed by atoms with Gasteiger partial charge in [-0.05, 0) is 43.2 Å². The van der Waals surface area contributed by atoms with Crippen molar-refractivity contribution in [3.8, 4) is 5.75 Å². The minimum absolute atomic E-state index is 0.0415. The van der Waals surface area contributed by atoms with Crippen molar-refractivity contribution in [3.05, 3.63) is 59.7 Å². The lowest BCUT2D eigenvalue weighted by atomic mass is 10.1. The number of esters is 1. The van der Waals surface area contributed by atoms with E-state index in [1.54, 1.807) is 24.3 Å². The molecule has 1 saturated carbocycles. The number of halogens is 2. The Morgan fingerprint density at radius 3 is 2.55 bits per heavy atom. The number of carbonyl (C=O) groups excluding carboxylic acids is 3. The Morgan fingerprint density at radius 1 is 1.07 bits per heavy atom. The van der Waals surface area contributed by atoms with Crippen LogP contribution in [-0.2, 0) is 9.53 Å². The number of ether oxygens (including phenoxy) is 2. The summed E-state index contributed by atoms with van der Waals surface area (Å²) >= 11 is 0. The van der Waals surface area contributed by atoms with Crippen LogP contribution in [0, 0.1) is 0 Å². The zero-order valence-electron chi connectivity index (χ0n) is 15.2. The van der Waals surface area contributed by atoms with E-state index in [0.717, 1.165) is 18.9 Å². The monoisotopic (exact) mass is 404 g/mol.